The molecule has 2 heterocycles. The molecule has 0 saturated heterocycles. The third-order valence-electron chi connectivity index (χ3n) is 5.59. The van der Waals surface area contributed by atoms with E-state index in [1.165, 1.54) is 6.07 Å². The lowest BCUT2D eigenvalue weighted by Gasteiger charge is -2.22. The Balaban J connectivity index is 1.83. The Hall–Kier alpha value is -2.66. The molecule has 9 heteroatoms. The number of fused-ring (bicyclic) bond motifs is 1. The third kappa shape index (κ3) is 3.65. The molecule has 0 atom stereocenters. The van der Waals surface area contributed by atoms with E-state index in [1.54, 1.807) is 4.57 Å². The first-order chi connectivity index (χ1) is 14.7. The van der Waals surface area contributed by atoms with Crippen LogP contribution in [0.2, 0.25) is 0 Å². The molecule has 31 heavy (non-hydrogen) atoms. The molecule has 0 fully saturated rings. The van der Waals surface area contributed by atoms with Gasteiger partial charge in [-0.15, -0.1) is 0 Å². The first-order valence-corrected chi connectivity index (χ1v) is 12.3. The van der Waals surface area contributed by atoms with E-state index >= 15 is 0 Å². The number of aliphatic carboxylic acids is 1. The van der Waals surface area contributed by atoms with Crippen LogP contribution in [0, 0.1) is 13.8 Å². The van der Waals surface area contributed by atoms with Crippen molar-refractivity contribution in [1.29, 1.82) is 0 Å². The summed E-state index contributed by atoms with van der Waals surface area (Å²) in [5.41, 5.74) is 5.06. The number of rotatable bonds is 5. The van der Waals surface area contributed by atoms with Crippen molar-refractivity contribution in [3.8, 4) is 11.5 Å². The molecule has 0 spiro atoms. The molecule has 1 aliphatic heterocycles. The summed E-state index contributed by atoms with van der Waals surface area (Å²) < 4.78 is 5.97. The number of anilines is 1. The molecule has 1 aromatic heterocycles. The van der Waals surface area contributed by atoms with Crippen molar-refractivity contribution in [3.63, 3.8) is 0 Å². The molecule has 162 valence electrons. The molecular weight excluding hydrogens is 529 g/mol. The Kier molecular flexibility index (Phi) is 5.65. The molecule has 0 unspecified atom stereocenters. The van der Waals surface area contributed by atoms with Crippen LogP contribution in [0.1, 0.15) is 29.3 Å². The maximum atomic E-state index is 11.3. The van der Waals surface area contributed by atoms with Gasteiger partial charge >= 0.3 is 5.97 Å². The van der Waals surface area contributed by atoms with Crippen LogP contribution >= 0.6 is 33.2 Å². The summed E-state index contributed by atoms with van der Waals surface area (Å²) in [6.45, 7) is 5.76. The molecule has 4 rings (SSSR count). The van der Waals surface area contributed by atoms with Crippen molar-refractivity contribution < 1.29 is 20.1 Å². The smallest absolute Gasteiger partial charge is 0.323 e. The number of aromatic nitrogens is 1. The average molecular weight is 551 g/mol. The Morgan fingerprint density at radius 2 is 1.90 bits per heavy atom. The van der Waals surface area contributed by atoms with E-state index < -0.39 is 27.0 Å². The fraction of sp³-hybridized carbons (Fsp3) is 0.227. The number of benzene rings is 2. The molecule has 3 aromatic rings. The summed E-state index contributed by atoms with van der Waals surface area (Å²) in [7, 11) is 0. The van der Waals surface area contributed by atoms with Crippen molar-refractivity contribution in [2.75, 3.05) is 4.90 Å². The lowest BCUT2D eigenvalue weighted by Crippen LogP contribution is -2.34. The molecule has 0 amide bonds. The second-order valence-corrected chi connectivity index (χ2v) is 9.85. The maximum Gasteiger partial charge on any atom is 0.323 e. The second-order valence-electron chi connectivity index (χ2n) is 7.36. The predicted molar refractivity (Wildman–Crippen MR) is 135 cm³/mol. The number of hydrogen-bond donors (Lipinski definition) is 4. The Morgan fingerprint density at radius 1 is 1.16 bits per heavy atom. The van der Waals surface area contributed by atoms with Gasteiger partial charge in [-0.3, -0.25) is 9.69 Å². The van der Waals surface area contributed by atoms with Gasteiger partial charge in [-0.25, -0.2) is 0 Å². The SMILES string of the molecule is CCc1cc(C2=INC(=S)N2c2ccc3c(c2)c(C)c(C)n3CC(=O)O)c(O)cc1O. The summed E-state index contributed by atoms with van der Waals surface area (Å²) in [5, 5.41) is 31.4. The molecular formula is C22H22IN3O4S. The number of carboxylic acid groups (broad SMARTS) is 1. The number of aromatic hydroxyl groups is 2. The highest BCUT2D eigenvalue weighted by Gasteiger charge is 2.28. The molecule has 0 aliphatic carbocycles. The van der Waals surface area contributed by atoms with Gasteiger partial charge in [0.15, 0.2) is 5.11 Å². The van der Waals surface area contributed by atoms with Crippen LogP contribution in [0.15, 0.2) is 30.3 Å². The molecule has 0 saturated carbocycles. The molecule has 2 aromatic carbocycles. The standard InChI is InChI=1S/C22H22IN3O4S/c1-4-13-7-16(19(28)9-18(13)27)21-23-24-22(31)26(21)14-5-6-17-15(8-14)11(2)12(3)25(17)10-20(29)30/h5-9,27-28H,4,10H2,1-3H3,(H,24,31)(H,29,30). The van der Waals surface area contributed by atoms with Crippen LogP contribution in [0.5, 0.6) is 11.5 Å². The highest BCUT2D eigenvalue weighted by molar-refractivity contribution is 14.2. The van der Waals surface area contributed by atoms with E-state index in [2.05, 4.69) is 3.53 Å². The van der Waals surface area contributed by atoms with Crippen LogP contribution in [0.3, 0.4) is 0 Å². The summed E-state index contributed by atoms with van der Waals surface area (Å²) in [5.74, 6) is -0.791. The van der Waals surface area contributed by atoms with Crippen molar-refractivity contribution in [2.45, 2.75) is 33.7 Å². The fourth-order valence-electron chi connectivity index (χ4n) is 3.85. The lowest BCUT2D eigenvalue weighted by atomic mass is 10.1. The van der Waals surface area contributed by atoms with Crippen LogP contribution in [-0.2, 0) is 17.8 Å². The number of hydrogen-bond acceptors (Lipinski definition) is 4. The van der Waals surface area contributed by atoms with Gasteiger partial charge in [0.25, 0.3) is 0 Å². The number of nitrogens with one attached hydrogen (secondary N) is 1. The van der Waals surface area contributed by atoms with Gasteiger partial charge in [-0.1, -0.05) is 6.92 Å². The van der Waals surface area contributed by atoms with E-state index in [9.17, 15) is 20.1 Å². The minimum absolute atomic E-state index is 0.0154. The van der Waals surface area contributed by atoms with Gasteiger partial charge in [0, 0.05) is 54.9 Å². The minimum Gasteiger partial charge on any atom is -0.508 e. The van der Waals surface area contributed by atoms with E-state index in [0.29, 0.717) is 17.1 Å². The predicted octanol–water partition coefficient (Wildman–Crippen LogP) is 4.07. The van der Waals surface area contributed by atoms with E-state index in [4.69, 9.17) is 12.2 Å². The van der Waals surface area contributed by atoms with Crippen molar-refractivity contribution in [2.24, 2.45) is 0 Å². The Labute approximate surface area is 195 Å². The average Bonchev–Trinajstić information content (AvgIpc) is 3.21. The van der Waals surface area contributed by atoms with Gasteiger partial charge in [0.1, 0.15) is 21.7 Å². The third-order valence-corrected chi connectivity index (χ3v) is 8.60. The topological polar surface area (TPSA) is 98.0 Å². The number of carboxylic acids is 1. The van der Waals surface area contributed by atoms with Gasteiger partial charge in [0.2, 0.25) is 0 Å². The van der Waals surface area contributed by atoms with Crippen molar-refractivity contribution >= 4 is 64.5 Å². The second kappa shape index (κ2) is 8.12. The first-order valence-electron chi connectivity index (χ1n) is 9.70. The van der Waals surface area contributed by atoms with E-state index in [1.807, 2.05) is 49.9 Å². The van der Waals surface area contributed by atoms with Crippen LogP contribution < -0.4 is 8.43 Å². The fourth-order valence-corrected chi connectivity index (χ4v) is 6.68. The van der Waals surface area contributed by atoms with E-state index in [0.717, 1.165) is 37.0 Å². The normalized spacial score (nSPS) is 13.8. The molecule has 0 bridgehead atoms. The maximum absolute atomic E-state index is 11.3. The monoisotopic (exact) mass is 551 g/mol. The summed E-state index contributed by atoms with van der Waals surface area (Å²) >= 11 is 4.89. The van der Waals surface area contributed by atoms with Crippen LogP contribution in [0.25, 0.3) is 10.9 Å². The highest BCUT2D eigenvalue weighted by atomic mass is 127. The molecule has 0 radical (unpaired) electrons. The summed E-state index contributed by atoms with van der Waals surface area (Å²) in [6, 6.07) is 9.05. The number of thiocarbonyl (C=S) groups is 1. The zero-order chi connectivity index (χ0) is 22.4. The minimum atomic E-state index is -0.885. The van der Waals surface area contributed by atoms with E-state index in [-0.39, 0.29) is 18.0 Å². The number of halogens is 1. The van der Waals surface area contributed by atoms with Gasteiger partial charge in [-0.2, -0.15) is 0 Å². The number of carbonyl (C=O) groups is 1. The quantitative estimate of drug-likeness (QED) is 0.216. The number of phenolic OH excluding ortho intramolecular Hbond substituents is 2. The number of phenols is 2. The zero-order valence-corrected chi connectivity index (χ0v) is 20.2. The summed E-state index contributed by atoms with van der Waals surface area (Å²) in [4.78, 5) is 13.2. The van der Waals surface area contributed by atoms with Gasteiger partial charge < -0.3 is 23.4 Å². The van der Waals surface area contributed by atoms with Crippen molar-refractivity contribution in [3.05, 3.63) is 52.7 Å². The molecule has 7 nitrogen and oxygen atoms in total. The molecule has 1 aliphatic rings. The van der Waals surface area contributed by atoms with Crippen LogP contribution in [-0.4, -0.2) is 34.6 Å². The van der Waals surface area contributed by atoms with Gasteiger partial charge in [-0.05, 0) is 67.9 Å². The molecule has 4 N–H and O–H groups in total. The van der Waals surface area contributed by atoms with Crippen LogP contribution in [0.4, 0.5) is 5.69 Å². The number of aryl methyl sites for hydroxylation is 2. The Bertz CT molecular complexity index is 1280. The summed E-state index contributed by atoms with van der Waals surface area (Å²) in [6.07, 6.45) is 0.643. The highest BCUT2D eigenvalue weighted by Crippen LogP contribution is 2.36. The first kappa shape index (κ1) is 21.6. The van der Waals surface area contributed by atoms with Gasteiger partial charge in [0.05, 0.1) is 0 Å². The number of nitrogens with zero attached hydrogens (tertiary/aromatic N) is 2. The lowest BCUT2D eigenvalue weighted by molar-refractivity contribution is -0.137. The Morgan fingerprint density at radius 3 is 2.58 bits per heavy atom. The largest absolute Gasteiger partial charge is 0.508 e. The zero-order valence-electron chi connectivity index (χ0n) is 17.2. The van der Waals surface area contributed by atoms with Crippen molar-refractivity contribution in [1.82, 2.24) is 8.10 Å².